The van der Waals surface area contributed by atoms with Crippen LogP contribution in [0.5, 0.6) is 0 Å². The summed E-state index contributed by atoms with van der Waals surface area (Å²) in [6.45, 7) is 3.36. The first-order valence-corrected chi connectivity index (χ1v) is 3.85. The molecule has 0 spiro atoms. The van der Waals surface area contributed by atoms with Gasteiger partial charge in [-0.05, 0) is 15.9 Å². The largest absolute Gasteiger partial charge is 0.401 e. The van der Waals surface area contributed by atoms with Crippen LogP contribution in [0.4, 0.5) is 0 Å². The Hall–Kier alpha value is -0.610. The number of rotatable bonds is 1. The van der Waals surface area contributed by atoms with Gasteiger partial charge in [-0.15, -0.1) is 0 Å². The fraction of sp³-hybridized carbons (Fsp3) is 0.286. The fourth-order valence-corrected chi connectivity index (χ4v) is 1.43. The average molecular weight is 218 g/mol. The van der Waals surface area contributed by atoms with Gasteiger partial charge in [0.2, 0.25) is 5.78 Å². The summed E-state index contributed by atoms with van der Waals surface area (Å²) in [5, 5.41) is 9.49. The minimum absolute atomic E-state index is 0.135. The lowest BCUT2D eigenvalue weighted by Crippen LogP contribution is -2.32. The molecule has 0 saturated heterocycles. The van der Waals surface area contributed by atoms with E-state index in [0.29, 0.717) is 5.70 Å². The Morgan fingerprint density at radius 3 is 2.55 bits per heavy atom. The van der Waals surface area contributed by atoms with Gasteiger partial charge in [-0.3, -0.25) is 4.79 Å². The summed E-state index contributed by atoms with van der Waals surface area (Å²) in [6, 6.07) is 0. The van der Waals surface area contributed by atoms with Gasteiger partial charge in [0.1, 0.15) is 0 Å². The number of hydrogen-bond donors (Lipinski definition) is 2. The molecular weight excluding hydrogens is 210 g/mol. The Labute approximate surface area is 72.7 Å². The molecule has 0 bridgehead atoms. The van der Waals surface area contributed by atoms with Crippen molar-refractivity contribution in [1.29, 1.82) is 0 Å². The molecule has 0 unspecified atom stereocenters. The quantitative estimate of drug-likeness (QED) is 0.627. The number of carbonyl (C=O) groups excluding carboxylic acids is 1. The third-order valence-corrected chi connectivity index (χ3v) is 2.54. The van der Waals surface area contributed by atoms with Crippen molar-refractivity contribution in [3.05, 3.63) is 22.8 Å². The van der Waals surface area contributed by atoms with E-state index in [9.17, 15) is 9.90 Å². The monoisotopic (exact) mass is 217 g/mol. The first kappa shape index (κ1) is 8.49. The second-order valence-corrected chi connectivity index (χ2v) is 3.27. The highest BCUT2D eigenvalue weighted by atomic mass is 79.9. The Morgan fingerprint density at radius 1 is 1.82 bits per heavy atom. The summed E-state index contributed by atoms with van der Waals surface area (Å²) in [6.07, 6.45) is 1.34. The second-order valence-electron chi connectivity index (χ2n) is 2.47. The molecule has 1 atom stereocenters. The minimum atomic E-state index is -1.48. The molecule has 0 aromatic rings. The smallest absolute Gasteiger partial charge is 0.207 e. The third-order valence-electron chi connectivity index (χ3n) is 1.67. The van der Waals surface area contributed by atoms with Gasteiger partial charge in [0.15, 0.2) is 5.60 Å². The van der Waals surface area contributed by atoms with Crippen molar-refractivity contribution >= 4 is 21.7 Å². The number of Topliss-reactive ketones (excluding diaryl/α,β-unsaturated/α-hetero) is 1. The summed E-state index contributed by atoms with van der Waals surface area (Å²) >= 11 is 2.98. The Kier molecular flexibility index (Phi) is 1.90. The van der Waals surface area contributed by atoms with Crippen LogP contribution in [0.15, 0.2) is 22.8 Å². The van der Waals surface area contributed by atoms with E-state index >= 15 is 0 Å². The first-order valence-electron chi connectivity index (χ1n) is 3.06. The van der Waals surface area contributed by atoms with Gasteiger partial charge >= 0.3 is 0 Å². The van der Waals surface area contributed by atoms with Gasteiger partial charge in [0.25, 0.3) is 0 Å². The van der Waals surface area contributed by atoms with Crippen molar-refractivity contribution in [2.75, 3.05) is 0 Å². The molecule has 0 fully saturated rings. The van der Waals surface area contributed by atoms with Crippen LogP contribution in [0.3, 0.4) is 0 Å². The topological polar surface area (TPSA) is 63.3 Å². The van der Waals surface area contributed by atoms with E-state index in [1.807, 2.05) is 0 Å². The maximum atomic E-state index is 11.2. The van der Waals surface area contributed by atoms with Crippen molar-refractivity contribution in [2.24, 2.45) is 5.73 Å². The van der Waals surface area contributed by atoms with Crippen LogP contribution in [-0.2, 0) is 4.79 Å². The Bertz CT molecular complexity index is 259. The normalized spacial score (nSPS) is 31.3. The summed E-state index contributed by atoms with van der Waals surface area (Å²) in [5.74, 6) is -0.412. The van der Waals surface area contributed by atoms with Gasteiger partial charge in [0, 0.05) is 12.1 Å². The number of carbonyl (C=O) groups is 1. The Morgan fingerprint density at radius 2 is 2.36 bits per heavy atom. The van der Waals surface area contributed by atoms with Crippen LogP contribution in [0.1, 0.15) is 6.42 Å². The third kappa shape index (κ3) is 1.12. The van der Waals surface area contributed by atoms with Gasteiger partial charge < -0.3 is 10.8 Å². The first-order chi connectivity index (χ1) is 5.01. The van der Waals surface area contributed by atoms with Gasteiger partial charge in [-0.1, -0.05) is 12.7 Å². The zero-order chi connectivity index (χ0) is 8.65. The highest BCUT2D eigenvalue weighted by Crippen LogP contribution is 2.32. The molecule has 1 aliphatic carbocycles. The summed E-state index contributed by atoms with van der Waals surface area (Å²) in [4.78, 5) is 11.2. The molecule has 0 aliphatic heterocycles. The molecule has 0 aromatic heterocycles. The maximum absolute atomic E-state index is 11.2. The van der Waals surface area contributed by atoms with Crippen molar-refractivity contribution in [3.8, 4) is 0 Å². The average Bonchev–Trinajstić information content (AvgIpc) is 2.17. The predicted molar refractivity (Wildman–Crippen MR) is 44.9 cm³/mol. The van der Waals surface area contributed by atoms with Crippen LogP contribution in [-0.4, -0.2) is 16.5 Å². The van der Waals surface area contributed by atoms with E-state index in [2.05, 4.69) is 22.5 Å². The molecule has 0 radical (unpaired) electrons. The van der Waals surface area contributed by atoms with E-state index in [4.69, 9.17) is 5.73 Å². The number of halogens is 1. The van der Waals surface area contributed by atoms with E-state index < -0.39 is 11.4 Å². The predicted octanol–water partition coefficient (Wildman–Crippen LogP) is 0.442. The van der Waals surface area contributed by atoms with Crippen LogP contribution in [0.25, 0.3) is 0 Å². The number of hydrogen-bond acceptors (Lipinski definition) is 3. The van der Waals surface area contributed by atoms with Crippen LogP contribution < -0.4 is 5.73 Å². The van der Waals surface area contributed by atoms with Crippen molar-refractivity contribution in [1.82, 2.24) is 0 Å². The molecule has 0 amide bonds. The van der Waals surface area contributed by atoms with Gasteiger partial charge in [-0.2, -0.15) is 0 Å². The molecule has 3 nitrogen and oxygen atoms in total. The van der Waals surface area contributed by atoms with Crippen molar-refractivity contribution in [2.45, 2.75) is 12.0 Å². The molecule has 3 N–H and O–H groups in total. The van der Waals surface area contributed by atoms with Gasteiger partial charge in [0.05, 0.1) is 4.48 Å². The summed E-state index contributed by atoms with van der Waals surface area (Å²) in [7, 11) is 0. The van der Waals surface area contributed by atoms with Crippen LogP contribution in [0.2, 0.25) is 0 Å². The molecule has 0 saturated carbocycles. The van der Waals surface area contributed by atoms with E-state index in [0.717, 1.165) is 0 Å². The number of ketones is 1. The second kappa shape index (κ2) is 2.46. The lowest BCUT2D eigenvalue weighted by molar-refractivity contribution is -0.126. The molecule has 11 heavy (non-hydrogen) atoms. The molecule has 4 heteroatoms. The van der Waals surface area contributed by atoms with Gasteiger partial charge in [-0.25, -0.2) is 0 Å². The molecule has 60 valence electrons. The fourth-order valence-electron chi connectivity index (χ4n) is 0.949. The number of nitrogens with two attached hydrogens (primary N) is 1. The highest BCUT2D eigenvalue weighted by Gasteiger charge is 2.41. The Balaban J connectivity index is 3.04. The zero-order valence-corrected chi connectivity index (χ0v) is 7.39. The molecule has 1 aliphatic rings. The minimum Gasteiger partial charge on any atom is -0.401 e. The van der Waals surface area contributed by atoms with E-state index in [1.54, 1.807) is 0 Å². The molecule has 1 rings (SSSR count). The van der Waals surface area contributed by atoms with Crippen LogP contribution in [0, 0.1) is 0 Å². The van der Waals surface area contributed by atoms with E-state index in [1.165, 1.54) is 6.08 Å². The van der Waals surface area contributed by atoms with Crippen molar-refractivity contribution in [3.63, 3.8) is 0 Å². The van der Waals surface area contributed by atoms with Crippen LogP contribution >= 0.6 is 15.9 Å². The summed E-state index contributed by atoms with van der Waals surface area (Å²) in [5.41, 5.74) is 4.31. The van der Waals surface area contributed by atoms with E-state index in [-0.39, 0.29) is 10.9 Å². The standard InChI is InChI=1S/C7H8BrNO2/c1-2-7(11)3-4(9)5(8)6(7)10/h2,11H,1,3,9H2/t7-/m0/s1. The summed E-state index contributed by atoms with van der Waals surface area (Å²) < 4.78 is 0.264. The number of aliphatic hydroxyl groups is 1. The maximum Gasteiger partial charge on any atom is 0.207 e. The van der Waals surface area contributed by atoms with Crippen molar-refractivity contribution < 1.29 is 9.90 Å². The lowest BCUT2D eigenvalue weighted by atomic mass is 10.0. The lowest BCUT2D eigenvalue weighted by Gasteiger charge is -2.14. The SMILES string of the molecule is C=C[C@]1(O)CC(N)=C(Br)C1=O. The highest BCUT2D eigenvalue weighted by molar-refractivity contribution is 9.12. The molecular formula is C7H8BrNO2. The molecule has 0 aromatic carbocycles. The zero-order valence-electron chi connectivity index (χ0n) is 5.80. The molecule has 0 heterocycles.